The number of ketones is 1. The van der Waals surface area contributed by atoms with Crippen LogP contribution in [-0.2, 0) is 13.9 Å². The Labute approximate surface area is 298 Å². The third-order valence-corrected chi connectivity index (χ3v) is 15.2. The van der Waals surface area contributed by atoms with E-state index in [4.69, 9.17) is 14.5 Å². The lowest BCUT2D eigenvalue weighted by Crippen LogP contribution is -2.53. The second-order valence-electron chi connectivity index (χ2n) is 17.5. The largest absolute Gasteiger partial charge is 0.469 e. The number of nitrogens with zero attached hydrogens (tertiary/aromatic N) is 6. The van der Waals surface area contributed by atoms with Crippen LogP contribution in [-0.4, -0.2) is 95.4 Å². The molecule has 276 valence electrons. The fourth-order valence-corrected chi connectivity index (χ4v) is 12.7. The van der Waals surface area contributed by atoms with Crippen LogP contribution in [0.3, 0.4) is 0 Å². The van der Waals surface area contributed by atoms with E-state index < -0.39 is 13.9 Å². The lowest BCUT2D eigenvalue weighted by Gasteiger charge is -2.58. The van der Waals surface area contributed by atoms with E-state index in [0.29, 0.717) is 48.8 Å². The number of piperazine rings is 1. The molecule has 4 heterocycles. The van der Waals surface area contributed by atoms with Crippen LogP contribution in [0.25, 0.3) is 0 Å². The SMILES string of the molecule is C[C@@H]1C[C@H]2[C@@H]3CC=C4C[C@@H](OP(=O)(O)O)CC[C@]4(C)[C@H]3CC[C@]2(C)[C@H]1C(=O)CN1CCN(c2cc(N3CCCC3)nc(N3CCCC3)n2)CC1. The Bertz CT molecular complexity index is 1480. The van der Waals surface area contributed by atoms with E-state index >= 15 is 0 Å². The normalized spacial score (nSPS) is 37.8. The van der Waals surface area contributed by atoms with Crippen molar-refractivity contribution in [2.45, 2.75) is 97.5 Å². The monoisotopic (exact) mass is 710 g/mol. The summed E-state index contributed by atoms with van der Waals surface area (Å²) in [6.07, 6.45) is 13.4. The molecule has 2 N–H and O–H groups in total. The summed E-state index contributed by atoms with van der Waals surface area (Å²) in [5.41, 5.74) is 1.42. The van der Waals surface area contributed by atoms with Gasteiger partial charge in [-0.1, -0.05) is 32.4 Å². The van der Waals surface area contributed by atoms with Crippen molar-refractivity contribution in [2.24, 2.45) is 40.4 Å². The molecule has 7 aliphatic rings. The summed E-state index contributed by atoms with van der Waals surface area (Å²) in [5, 5.41) is 0. The van der Waals surface area contributed by atoms with E-state index in [1.54, 1.807) is 0 Å². The minimum absolute atomic E-state index is 0.0286. The lowest BCUT2D eigenvalue weighted by atomic mass is 9.47. The van der Waals surface area contributed by atoms with Crippen LogP contribution < -0.4 is 14.7 Å². The number of hydrogen-bond donors (Lipinski definition) is 2. The van der Waals surface area contributed by atoms with Crippen LogP contribution in [0.15, 0.2) is 17.7 Å². The predicted octanol–water partition coefficient (Wildman–Crippen LogP) is 5.67. The average Bonchev–Trinajstić information content (AvgIpc) is 3.86. The van der Waals surface area contributed by atoms with Gasteiger partial charge in [0.15, 0.2) is 5.78 Å². The molecule has 3 saturated heterocycles. The van der Waals surface area contributed by atoms with Gasteiger partial charge in [0, 0.05) is 64.3 Å². The number of phosphoric ester groups is 1. The molecule has 0 spiro atoms. The van der Waals surface area contributed by atoms with Gasteiger partial charge in [-0.05, 0) is 105 Å². The fourth-order valence-electron chi connectivity index (χ4n) is 12.2. The van der Waals surface area contributed by atoms with E-state index in [9.17, 15) is 19.1 Å². The molecule has 11 nitrogen and oxygen atoms in total. The second kappa shape index (κ2) is 13.4. The molecule has 8 atom stereocenters. The molecule has 0 aromatic carbocycles. The van der Waals surface area contributed by atoms with Crippen molar-refractivity contribution in [3.05, 3.63) is 17.7 Å². The molecule has 12 heteroatoms. The minimum atomic E-state index is -4.50. The number of Topliss-reactive ketones (excluding diaryl/α,β-unsaturated/α-hetero) is 1. The molecule has 8 rings (SSSR count). The van der Waals surface area contributed by atoms with Crippen molar-refractivity contribution in [1.82, 2.24) is 14.9 Å². The van der Waals surface area contributed by atoms with E-state index in [1.165, 1.54) is 31.3 Å². The number of hydrogen-bond acceptors (Lipinski definition) is 9. The topological polar surface area (TPSA) is 123 Å². The first kappa shape index (κ1) is 35.0. The molecule has 0 radical (unpaired) electrons. The highest BCUT2D eigenvalue weighted by molar-refractivity contribution is 7.46. The molecule has 3 saturated carbocycles. The molecule has 0 unspecified atom stereocenters. The quantitative estimate of drug-likeness (QED) is 0.256. The Morgan fingerprint density at radius 3 is 2.20 bits per heavy atom. The molecule has 0 bridgehead atoms. The number of phosphoric acid groups is 1. The highest BCUT2D eigenvalue weighted by Crippen LogP contribution is 2.67. The number of carbonyl (C=O) groups excluding carboxylic acids is 1. The number of aromatic nitrogens is 2. The van der Waals surface area contributed by atoms with E-state index in [1.807, 2.05) is 0 Å². The Kier molecular flexibility index (Phi) is 9.40. The molecule has 1 aromatic rings. The summed E-state index contributed by atoms with van der Waals surface area (Å²) in [5.74, 6) is 5.58. The van der Waals surface area contributed by atoms with Crippen molar-refractivity contribution >= 4 is 31.2 Å². The molecular formula is C38H59N6O5P. The van der Waals surface area contributed by atoms with Gasteiger partial charge in [-0.15, -0.1) is 0 Å². The summed E-state index contributed by atoms with van der Waals surface area (Å²) in [4.78, 5) is 52.9. The van der Waals surface area contributed by atoms with E-state index in [2.05, 4.69) is 52.5 Å². The number of carbonyl (C=O) groups is 1. The van der Waals surface area contributed by atoms with Gasteiger partial charge in [-0.25, -0.2) is 4.57 Å². The number of rotatable bonds is 8. The standard InChI is InChI=1S/C38H59N6O5P/c1-26-22-31-29-9-8-27-23-28(49-50(46,47)48)10-12-37(27,2)30(29)11-13-38(31,3)35(26)32(45)25-41-18-20-43(21-19-41)34-24-33(42-14-4-5-15-42)39-36(40-34)44-16-6-7-17-44/h8,24,26,28-31,35H,4-7,9-23,25H2,1-3H3,(H2,46,47,48)/t26-,28+,29-,30+,31+,35-,37+,38+/m1/s1. The number of anilines is 3. The van der Waals surface area contributed by atoms with E-state index in [0.717, 1.165) is 102 Å². The van der Waals surface area contributed by atoms with Crippen molar-refractivity contribution in [3.8, 4) is 0 Å². The molecular weight excluding hydrogens is 651 g/mol. The van der Waals surface area contributed by atoms with Gasteiger partial charge >= 0.3 is 7.82 Å². The van der Waals surface area contributed by atoms with Gasteiger partial charge < -0.3 is 24.5 Å². The van der Waals surface area contributed by atoms with Gasteiger partial charge in [-0.2, -0.15) is 9.97 Å². The molecule has 6 fully saturated rings. The highest BCUT2D eigenvalue weighted by Gasteiger charge is 2.61. The molecule has 0 amide bonds. The summed E-state index contributed by atoms with van der Waals surface area (Å²) in [7, 11) is -4.50. The Hall–Kier alpha value is -2.04. The maximum absolute atomic E-state index is 14.3. The molecule has 3 aliphatic heterocycles. The lowest BCUT2D eigenvalue weighted by molar-refractivity contribution is -0.132. The van der Waals surface area contributed by atoms with Crippen LogP contribution in [0.4, 0.5) is 17.6 Å². The molecule has 50 heavy (non-hydrogen) atoms. The third-order valence-electron chi connectivity index (χ3n) is 14.6. The van der Waals surface area contributed by atoms with Crippen LogP contribution in [0.2, 0.25) is 0 Å². The van der Waals surface area contributed by atoms with Crippen LogP contribution >= 0.6 is 7.82 Å². The van der Waals surface area contributed by atoms with Gasteiger partial charge in [-0.3, -0.25) is 14.2 Å². The first-order chi connectivity index (χ1) is 23.9. The zero-order valence-electron chi connectivity index (χ0n) is 30.5. The second-order valence-corrected chi connectivity index (χ2v) is 18.6. The number of allylic oxidation sites excluding steroid dienone is 1. The van der Waals surface area contributed by atoms with Crippen LogP contribution in [0.1, 0.15) is 91.4 Å². The fraction of sp³-hybridized carbons (Fsp3) is 0.816. The Morgan fingerprint density at radius 2 is 1.54 bits per heavy atom. The van der Waals surface area contributed by atoms with Gasteiger partial charge in [0.2, 0.25) is 5.95 Å². The average molecular weight is 711 g/mol. The zero-order valence-corrected chi connectivity index (χ0v) is 31.4. The van der Waals surface area contributed by atoms with Crippen molar-refractivity contribution < 1.29 is 23.7 Å². The summed E-state index contributed by atoms with van der Waals surface area (Å²) in [6.45, 7) is 15.4. The smallest absolute Gasteiger partial charge is 0.356 e. The first-order valence-electron chi connectivity index (χ1n) is 19.7. The molecule has 4 aliphatic carbocycles. The van der Waals surface area contributed by atoms with Gasteiger partial charge in [0.1, 0.15) is 11.6 Å². The Morgan fingerprint density at radius 1 is 0.900 bits per heavy atom. The maximum Gasteiger partial charge on any atom is 0.469 e. The Balaban J connectivity index is 0.915. The predicted molar refractivity (Wildman–Crippen MR) is 195 cm³/mol. The van der Waals surface area contributed by atoms with Crippen molar-refractivity contribution in [2.75, 3.05) is 73.6 Å². The van der Waals surface area contributed by atoms with Crippen molar-refractivity contribution in [1.29, 1.82) is 0 Å². The van der Waals surface area contributed by atoms with Gasteiger partial charge in [0.05, 0.1) is 12.6 Å². The van der Waals surface area contributed by atoms with Crippen LogP contribution in [0, 0.1) is 40.4 Å². The maximum atomic E-state index is 14.3. The van der Waals surface area contributed by atoms with Crippen LogP contribution in [0.5, 0.6) is 0 Å². The summed E-state index contributed by atoms with van der Waals surface area (Å²) < 4.78 is 16.7. The third kappa shape index (κ3) is 6.46. The number of fused-ring (bicyclic) bond motifs is 5. The van der Waals surface area contributed by atoms with E-state index in [-0.39, 0.29) is 16.7 Å². The minimum Gasteiger partial charge on any atom is -0.356 e. The zero-order chi connectivity index (χ0) is 34.8. The summed E-state index contributed by atoms with van der Waals surface area (Å²) >= 11 is 0. The van der Waals surface area contributed by atoms with Gasteiger partial charge in [0.25, 0.3) is 0 Å². The first-order valence-corrected chi connectivity index (χ1v) is 21.3. The molecule has 1 aromatic heterocycles. The summed E-state index contributed by atoms with van der Waals surface area (Å²) in [6, 6.07) is 2.20. The van der Waals surface area contributed by atoms with Crippen molar-refractivity contribution in [3.63, 3.8) is 0 Å². The highest BCUT2D eigenvalue weighted by atomic mass is 31.2.